The van der Waals surface area contributed by atoms with Crippen LogP contribution in [0.1, 0.15) is 24.6 Å². The summed E-state index contributed by atoms with van der Waals surface area (Å²) in [5, 5.41) is 5.88. The molecule has 1 saturated carbocycles. The lowest BCUT2D eigenvalue weighted by atomic mass is 10.2. The largest absolute Gasteiger partial charge is 0.379 e. The van der Waals surface area contributed by atoms with Crippen LogP contribution in [0.5, 0.6) is 0 Å². The van der Waals surface area contributed by atoms with Gasteiger partial charge in [-0.05, 0) is 37.1 Å². The number of carbonyl (C=O) groups excluding carboxylic acids is 1. The van der Waals surface area contributed by atoms with Gasteiger partial charge in [-0.1, -0.05) is 0 Å². The van der Waals surface area contributed by atoms with Crippen LogP contribution >= 0.6 is 0 Å². The molecule has 2 aromatic rings. The molecular weight excluding hydrogens is 254 g/mol. The summed E-state index contributed by atoms with van der Waals surface area (Å²) in [4.78, 5) is 14.9. The molecule has 2 amide bonds. The first-order valence-electron chi connectivity index (χ1n) is 6.63. The van der Waals surface area contributed by atoms with E-state index in [4.69, 9.17) is 5.73 Å². The Bertz CT molecular complexity index is 600. The Morgan fingerprint density at radius 2 is 2.00 bits per heavy atom. The molecule has 0 atom stereocenters. The highest BCUT2D eigenvalue weighted by atomic mass is 16.2. The smallest absolute Gasteiger partial charge is 0.316 e. The maximum absolute atomic E-state index is 10.7. The second-order valence-electron chi connectivity index (χ2n) is 4.94. The zero-order valence-electron chi connectivity index (χ0n) is 11.0. The zero-order valence-corrected chi connectivity index (χ0v) is 11.0. The number of carbonyl (C=O) groups is 1. The number of nitrogens with zero attached hydrogens (tertiary/aromatic N) is 2. The van der Waals surface area contributed by atoms with E-state index in [1.165, 1.54) is 18.5 Å². The van der Waals surface area contributed by atoms with Crippen LogP contribution in [0.3, 0.4) is 0 Å². The first kappa shape index (κ1) is 12.5. The first-order chi connectivity index (χ1) is 9.72. The molecule has 1 aliphatic carbocycles. The van der Waals surface area contributed by atoms with E-state index in [2.05, 4.69) is 20.2 Å². The fourth-order valence-corrected chi connectivity index (χ4v) is 2.16. The fourth-order valence-electron chi connectivity index (χ4n) is 2.16. The number of imidazole rings is 1. The lowest BCUT2D eigenvalue weighted by Crippen LogP contribution is -2.19. The number of benzene rings is 1. The summed E-state index contributed by atoms with van der Waals surface area (Å²) in [5.41, 5.74) is 7.92. The quantitative estimate of drug-likeness (QED) is 0.780. The van der Waals surface area contributed by atoms with Gasteiger partial charge in [-0.2, -0.15) is 0 Å². The third-order valence-corrected chi connectivity index (χ3v) is 3.31. The summed E-state index contributed by atoms with van der Waals surface area (Å²) in [7, 11) is 0. The summed E-state index contributed by atoms with van der Waals surface area (Å²) in [6, 6.07) is 7.51. The molecule has 6 heteroatoms. The Kier molecular flexibility index (Phi) is 3.28. The molecule has 0 aliphatic heterocycles. The molecule has 4 N–H and O–H groups in total. The van der Waals surface area contributed by atoms with Gasteiger partial charge >= 0.3 is 6.03 Å². The maximum Gasteiger partial charge on any atom is 0.316 e. The number of nitrogens with one attached hydrogen (secondary N) is 2. The SMILES string of the molecule is NC(=O)Nc1ccc(NCc2cncn2C2CC2)cc1. The third-order valence-electron chi connectivity index (χ3n) is 3.31. The molecule has 104 valence electrons. The average molecular weight is 271 g/mol. The number of nitrogens with two attached hydrogens (primary N) is 1. The number of primary amides is 1. The van der Waals surface area contributed by atoms with Crippen LogP contribution in [0.15, 0.2) is 36.8 Å². The molecule has 0 spiro atoms. The van der Waals surface area contributed by atoms with Crippen molar-refractivity contribution in [3.05, 3.63) is 42.5 Å². The second-order valence-corrected chi connectivity index (χ2v) is 4.94. The van der Waals surface area contributed by atoms with Crippen LogP contribution in [0.25, 0.3) is 0 Å². The summed E-state index contributed by atoms with van der Waals surface area (Å²) >= 11 is 0. The Hall–Kier alpha value is -2.50. The van der Waals surface area contributed by atoms with Crippen LogP contribution in [0.2, 0.25) is 0 Å². The average Bonchev–Trinajstić information content (AvgIpc) is 3.16. The van der Waals surface area contributed by atoms with Crippen molar-refractivity contribution >= 4 is 17.4 Å². The van der Waals surface area contributed by atoms with Crippen molar-refractivity contribution < 1.29 is 4.79 Å². The summed E-state index contributed by atoms with van der Waals surface area (Å²) in [6.45, 7) is 0.735. The number of hydrogen-bond donors (Lipinski definition) is 3. The highest BCUT2D eigenvalue weighted by Crippen LogP contribution is 2.35. The van der Waals surface area contributed by atoms with Crippen molar-refractivity contribution in [1.82, 2.24) is 9.55 Å². The van der Waals surface area contributed by atoms with Crippen LogP contribution in [0, 0.1) is 0 Å². The van der Waals surface area contributed by atoms with Gasteiger partial charge in [0.1, 0.15) is 0 Å². The van der Waals surface area contributed by atoms with E-state index in [9.17, 15) is 4.79 Å². The molecule has 1 aromatic carbocycles. The summed E-state index contributed by atoms with van der Waals surface area (Å²) < 4.78 is 2.23. The monoisotopic (exact) mass is 271 g/mol. The van der Waals surface area contributed by atoms with E-state index >= 15 is 0 Å². The van der Waals surface area contributed by atoms with Crippen molar-refractivity contribution in [1.29, 1.82) is 0 Å². The van der Waals surface area contributed by atoms with Gasteiger partial charge in [0.2, 0.25) is 0 Å². The van der Waals surface area contributed by atoms with Crippen LogP contribution in [-0.4, -0.2) is 15.6 Å². The number of urea groups is 1. The van der Waals surface area contributed by atoms with Crippen LogP contribution in [-0.2, 0) is 6.54 Å². The number of hydrogen-bond acceptors (Lipinski definition) is 3. The minimum absolute atomic E-state index is 0.556. The maximum atomic E-state index is 10.7. The van der Waals surface area contributed by atoms with Gasteiger partial charge < -0.3 is 20.9 Å². The first-order valence-corrected chi connectivity index (χ1v) is 6.63. The van der Waals surface area contributed by atoms with E-state index in [1.54, 1.807) is 0 Å². The van der Waals surface area contributed by atoms with E-state index in [0.29, 0.717) is 11.7 Å². The molecule has 20 heavy (non-hydrogen) atoms. The van der Waals surface area contributed by atoms with Gasteiger partial charge in [0, 0.05) is 23.6 Å². The Balaban J connectivity index is 1.60. The van der Waals surface area contributed by atoms with E-state index in [0.717, 1.165) is 12.2 Å². The predicted molar refractivity (Wildman–Crippen MR) is 77.5 cm³/mol. The highest BCUT2D eigenvalue weighted by Gasteiger charge is 2.24. The molecule has 6 nitrogen and oxygen atoms in total. The summed E-state index contributed by atoms with van der Waals surface area (Å²) in [5.74, 6) is 0. The number of amides is 2. The molecule has 1 heterocycles. The van der Waals surface area contributed by atoms with Crippen molar-refractivity contribution in [3.63, 3.8) is 0 Å². The van der Waals surface area contributed by atoms with E-state index in [1.807, 2.05) is 36.8 Å². The van der Waals surface area contributed by atoms with Crippen molar-refractivity contribution in [2.75, 3.05) is 10.6 Å². The van der Waals surface area contributed by atoms with E-state index < -0.39 is 6.03 Å². The second kappa shape index (κ2) is 5.24. The zero-order chi connectivity index (χ0) is 13.9. The van der Waals surface area contributed by atoms with Crippen molar-refractivity contribution in [2.45, 2.75) is 25.4 Å². The third kappa shape index (κ3) is 2.90. The van der Waals surface area contributed by atoms with Gasteiger partial charge in [0.25, 0.3) is 0 Å². The molecule has 0 radical (unpaired) electrons. The summed E-state index contributed by atoms with van der Waals surface area (Å²) in [6.07, 6.45) is 6.29. The minimum Gasteiger partial charge on any atom is -0.379 e. The van der Waals surface area contributed by atoms with Gasteiger partial charge in [-0.25, -0.2) is 9.78 Å². The molecule has 0 saturated heterocycles. The highest BCUT2D eigenvalue weighted by molar-refractivity contribution is 5.87. The van der Waals surface area contributed by atoms with Gasteiger partial charge in [0.15, 0.2) is 0 Å². The van der Waals surface area contributed by atoms with Crippen molar-refractivity contribution in [3.8, 4) is 0 Å². The van der Waals surface area contributed by atoms with Gasteiger partial charge in [-0.3, -0.25) is 0 Å². The van der Waals surface area contributed by atoms with Crippen LogP contribution < -0.4 is 16.4 Å². The van der Waals surface area contributed by atoms with Crippen molar-refractivity contribution in [2.24, 2.45) is 5.73 Å². The normalized spacial score (nSPS) is 14.0. The lowest BCUT2D eigenvalue weighted by Gasteiger charge is -2.10. The predicted octanol–water partition coefficient (Wildman–Crippen LogP) is 2.32. The molecule has 1 fully saturated rings. The Morgan fingerprint density at radius 1 is 1.30 bits per heavy atom. The topological polar surface area (TPSA) is 85.0 Å². The molecular formula is C14H17N5O. The van der Waals surface area contributed by atoms with Gasteiger partial charge in [-0.15, -0.1) is 0 Å². The van der Waals surface area contributed by atoms with E-state index in [-0.39, 0.29) is 0 Å². The number of rotatable bonds is 5. The Labute approximate surface area is 117 Å². The molecule has 1 aliphatic rings. The Morgan fingerprint density at radius 3 is 2.65 bits per heavy atom. The number of anilines is 2. The standard InChI is InChI=1S/C14H17N5O/c15-14(20)18-11-3-1-10(2-4-11)17-8-13-7-16-9-19(13)12-5-6-12/h1-4,7,9,12,17H,5-6,8H2,(H3,15,18,20). The minimum atomic E-state index is -0.556. The molecule has 1 aromatic heterocycles. The fraction of sp³-hybridized carbons (Fsp3) is 0.286. The lowest BCUT2D eigenvalue weighted by molar-refractivity contribution is 0.259. The molecule has 3 rings (SSSR count). The molecule has 0 unspecified atom stereocenters. The van der Waals surface area contributed by atoms with Gasteiger partial charge in [0.05, 0.1) is 18.6 Å². The van der Waals surface area contributed by atoms with Crippen LogP contribution in [0.4, 0.5) is 16.2 Å². The molecule has 0 bridgehead atoms. The number of aromatic nitrogens is 2.